The Kier molecular flexibility index (Phi) is 6.10. The van der Waals surface area contributed by atoms with Crippen molar-refractivity contribution in [3.05, 3.63) is 0 Å². The molecule has 1 rings (SSSR count). The lowest BCUT2D eigenvalue weighted by molar-refractivity contribution is -0.270. The maximum Gasteiger partial charge on any atom is 0.303 e. The number of rotatable bonds is 4. The molecule has 120 valence electrons. The highest BCUT2D eigenvalue weighted by atomic mass is 16.7. The van der Waals surface area contributed by atoms with Crippen molar-refractivity contribution in [2.24, 2.45) is 0 Å². The number of hydrogen-bond acceptors (Lipinski definition) is 7. The minimum atomic E-state index is -0.919. The van der Waals surface area contributed by atoms with Crippen LogP contribution in [0.4, 0.5) is 0 Å². The summed E-state index contributed by atoms with van der Waals surface area (Å²) in [6, 6.07) is -0.760. The third-order valence-corrected chi connectivity index (χ3v) is 2.99. The molecule has 8 heteroatoms. The molecule has 8 nitrogen and oxygen atoms in total. The second-order valence-electron chi connectivity index (χ2n) is 4.82. The maximum absolute atomic E-state index is 11.4. The molecule has 0 spiro atoms. The summed E-state index contributed by atoms with van der Waals surface area (Å²) in [5.74, 6) is -1.43. The lowest BCUT2D eigenvalue weighted by Crippen LogP contribution is -2.65. The molecule has 0 bridgehead atoms. The van der Waals surface area contributed by atoms with Crippen molar-refractivity contribution in [3.8, 4) is 0 Å². The Balaban J connectivity index is 3.08. The summed E-state index contributed by atoms with van der Waals surface area (Å²) in [6.07, 6.45) is -3.12. The van der Waals surface area contributed by atoms with Gasteiger partial charge < -0.3 is 24.3 Å². The van der Waals surface area contributed by atoms with E-state index in [-0.39, 0.29) is 5.91 Å². The molecular formula is C13H21NO7. The van der Waals surface area contributed by atoms with Crippen molar-refractivity contribution in [1.82, 2.24) is 5.32 Å². The van der Waals surface area contributed by atoms with Crippen molar-refractivity contribution >= 4 is 17.8 Å². The van der Waals surface area contributed by atoms with Gasteiger partial charge in [-0.1, -0.05) is 0 Å². The van der Waals surface area contributed by atoms with Crippen LogP contribution in [0.25, 0.3) is 0 Å². The van der Waals surface area contributed by atoms with Gasteiger partial charge in [0.25, 0.3) is 0 Å². The molecule has 1 N–H and O–H groups in total. The van der Waals surface area contributed by atoms with Gasteiger partial charge in [0.2, 0.25) is 5.91 Å². The fourth-order valence-electron chi connectivity index (χ4n) is 2.28. The average molecular weight is 303 g/mol. The molecule has 1 fully saturated rings. The summed E-state index contributed by atoms with van der Waals surface area (Å²) in [7, 11) is 1.39. The zero-order valence-electron chi connectivity index (χ0n) is 12.7. The molecule has 0 aromatic carbocycles. The summed E-state index contributed by atoms with van der Waals surface area (Å²) in [4.78, 5) is 33.9. The summed E-state index contributed by atoms with van der Waals surface area (Å²) in [5.41, 5.74) is 0. The molecule has 5 atom stereocenters. The van der Waals surface area contributed by atoms with E-state index in [2.05, 4.69) is 5.32 Å². The minimum Gasteiger partial charge on any atom is -0.457 e. The van der Waals surface area contributed by atoms with E-state index in [1.165, 1.54) is 27.9 Å². The van der Waals surface area contributed by atoms with Crippen molar-refractivity contribution in [3.63, 3.8) is 0 Å². The third kappa shape index (κ3) is 4.68. The van der Waals surface area contributed by atoms with Crippen LogP contribution in [0.2, 0.25) is 0 Å². The molecule has 0 radical (unpaired) electrons. The third-order valence-electron chi connectivity index (χ3n) is 2.99. The van der Waals surface area contributed by atoms with E-state index in [0.717, 1.165) is 0 Å². The maximum atomic E-state index is 11.4. The molecule has 1 heterocycles. The Morgan fingerprint density at radius 1 is 1.00 bits per heavy atom. The van der Waals surface area contributed by atoms with E-state index in [9.17, 15) is 14.4 Å². The van der Waals surface area contributed by atoms with Crippen LogP contribution in [0.3, 0.4) is 0 Å². The highest BCUT2D eigenvalue weighted by molar-refractivity contribution is 5.74. The second kappa shape index (κ2) is 7.37. The molecule has 21 heavy (non-hydrogen) atoms. The molecular weight excluding hydrogens is 282 g/mol. The molecule has 0 aliphatic carbocycles. The Morgan fingerprint density at radius 3 is 1.95 bits per heavy atom. The van der Waals surface area contributed by atoms with Crippen LogP contribution in [0.5, 0.6) is 0 Å². The summed E-state index contributed by atoms with van der Waals surface area (Å²) >= 11 is 0. The monoisotopic (exact) mass is 303 g/mol. The smallest absolute Gasteiger partial charge is 0.303 e. The van der Waals surface area contributed by atoms with Gasteiger partial charge in [0.15, 0.2) is 18.5 Å². The molecule has 0 unspecified atom stereocenters. The highest BCUT2D eigenvalue weighted by Gasteiger charge is 2.48. The van der Waals surface area contributed by atoms with Crippen molar-refractivity contribution in [2.75, 3.05) is 7.11 Å². The normalized spacial score (nSPS) is 32.1. The number of amides is 1. The van der Waals surface area contributed by atoms with Crippen molar-refractivity contribution in [2.45, 2.75) is 58.3 Å². The topological polar surface area (TPSA) is 100 Å². The first-order valence-corrected chi connectivity index (χ1v) is 6.56. The molecule has 1 amide bonds. The van der Waals surface area contributed by atoms with Crippen LogP contribution >= 0.6 is 0 Å². The van der Waals surface area contributed by atoms with Gasteiger partial charge in [0.1, 0.15) is 6.04 Å². The number of methoxy groups -OCH3 is 1. The molecule has 0 aromatic rings. The van der Waals surface area contributed by atoms with Gasteiger partial charge in [-0.3, -0.25) is 14.4 Å². The standard InChI is InChI=1S/C13H21NO7/c1-6-11(20-8(3)16)10(14-7(2)15)12(21-9(4)17)13(18-5)19-6/h6,10-13H,1-5H3,(H,14,15)/t6-,10+,11+,12-,13+/m0/s1. The quantitative estimate of drug-likeness (QED) is 0.714. The summed E-state index contributed by atoms with van der Waals surface area (Å²) in [5, 5.41) is 2.63. The summed E-state index contributed by atoms with van der Waals surface area (Å²) < 4.78 is 21.1. The van der Waals surface area contributed by atoms with E-state index in [4.69, 9.17) is 18.9 Å². The Bertz CT molecular complexity index is 411. The number of carbonyl (C=O) groups excluding carboxylic acids is 3. The lowest BCUT2D eigenvalue weighted by atomic mass is 9.96. The first kappa shape index (κ1) is 17.4. The fraction of sp³-hybridized carbons (Fsp3) is 0.769. The van der Waals surface area contributed by atoms with Gasteiger partial charge in [-0.15, -0.1) is 0 Å². The van der Waals surface area contributed by atoms with E-state index >= 15 is 0 Å². The van der Waals surface area contributed by atoms with Crippen LogP contribution < -0.4 is 5.32 Å². The molecule has 0 aromatic heterocycles. The zero-order valence-corrected chi connectivity index (χ0v) is 12.7. The first-order valence-electron chi connectivity index (χ1n) is 6.56. The van der Waals surface area contributed by atoms with E-state index in [0.29, 0.717) is 0 Å². The highest BCUT2D eigenvalue weighted by Crippen LogP contribution is 2.26. The van der Waals surface area contributed by atoms with Gasteiger partial charge in [0, 0.05) is 27.9 Å². The Labute approximate surface area is 123 Å². The Morgan fingerprint density at radius 2 is 1.52 bits per heavy atom. The van der Waals surface area contributed by atoms with Crippen LogP contribution in [-0.2, 0) is 33.3 Å². The number of esters is 2. The molecule has 0 saturated carbocycles. The van der Waals surface area contributed by atoms with Crippen molar-refractivity contribution < 1.29 is 33.3 Å². The minimum absolute atomic E-state index is 0.349. The van der Waals surface area contributed by atoms with E-state index in [1.54, 1.807) is 6.92 Å². The average Bonchev–Trinajstić information content (AvgIpc) is 2.35. The molecule has 1 aliphatic rings. The lowest BCUT2D eigenvalue weighted by Gasteiger charge is -2.43. The predicted octanol–water partition coefficient (Wildman–Crippen LogP) is -0.254. The van der Waals surface area contributed by atoms with Crippen LogP contribution in [0, 0.1) is 0 Å². The van der Waals surface area contributed by atoms with Gasteiger partial charge in [0.05, 0.1) is 6.10 Å². The van der Waals surface area contributed by atoms with E-state index in [1.807, 2.05) is 0 Å². The second-order valence-corrected chi connectivity index (χ2v) is 4.82. The number of nitrogens with one attached hydrogen (secondary N) is 1. The predicted molar refractivity (Wildman–Crippen MR) is 70.1 cm³/mol. The number of ether oxygens (including phenoxy) is 4. The molecule has 1 saturated heterocycles. The zero-order chi connectivity index (χ0) is 16.2. The van der Waals surface area contributed by atoms with Crippen molar-refractivity contribution in [1.29, 1.82) is 0 Å². The van der Waals surface area contributed by atoms with Crippen LogP contribution in [0.1, 0.15) is 27.7 Å². The van der Waals surface area contributed by atoms with Crippen LogP contribution in [0.15, 0.2) is 0 Å². The van der Waals surface area contributed by atoms with E-state index < -0.39 is 42.6 Å². The first-order chi connectivity index (χ1) is 9.76. The number of hydrogen-bond donors (Lipinski definition) is 1. The van der Waals surface area contributed by atoms with Gasteiger partial charge >= 0.3 is 11.9 Å². The largest absolute Gasteiger partial charge is 0.457 e. The van der Waals surface area contributed by atoms with Gasteiger partial charge in [-0.25, -0.2) is 0 Å². The molecule has 1 aliphatic heterocycles. The SMILES string of the molecule is CO[C@@H]1O[C@@H](C)[C@@H](OC(C)=O)[C@@H](NC(C)=O)[C@@H]1OC(C)=O. The Hall–Kier alpha value is -1.67. The summed E-state index contributed by atoms with van der Waals surface area (Å²) in [6.45, 7) is 5.48. The van der Waals surface area contributed by atoms with Gasteiger partial charge in [-0.05, 0) is 6.92 Å². The fourth-order valence-corrected chi connectivity index (χ4v) is 2.28. The number of carbonyl (C=O) groups is 3. The van der Waals surface area contributed by atoms with Crippen LogP contribution in [-0.4, -0.2) is 55.6 Å². The van der Waals surface area contributed by atoms with Gasteiger partial charge in [-0.2, -0.15) is 0 Å².